The van der Waals surface area contributed by atoms with Crippen LogP contribution in [-0.4, -0.2) is 29.8 Å². The summed E-state index contributed by atoms with van der Waals surface area (Å²) in [5.41, 5.74) is 3.67. The molecule has 1 aromatic carbocycles. The number of aromatic nitrogens is 2. The monoisotopic (exact) mass is 366 g/mol. The summed E-state index contributed by atoms with van der Waals surface area (Å²) in [6.07, 6.45) is 8.06. The minimum atomic E-state index is -0.196. The Hall–Kier alpha value is -2.89. The van der Waals surface area contributed by atoms with Crippen molar-refractivity contribution in [3.8, 4) is 5.75 Å². The zero-order chi connectivity index (χ0) is 19.1. The van der Waals surface area contributed by atoms with Gasteiger partial charge in [0.1, 0.15) is 5.75 Å². The van der Waals surface area contributed by atoms with Gasteiger partial charge >= 0.3 is 0 Å². The highest BCUT2D eigenvalue weighted by molar-refractivity contribution is 5.92. The van der Waals surface area contributed by atoms with Gasteiger partial charge in [-0.15, -0.1) is 10.2 Å². The van der Waals surface area contributed by atoms with Crippen molar-refractivity contribution < 1.29 is 9.53 Å². The zero-order valence-electron chi connectivity index (χ0n) is 15.9. The number of nitrogens with one attached hydrogen (secondary N) is 2. The molecule has 0 fully saturated rings. The highest BCUT2D eigenvalue weighted by Crippen LogP contribution is 2.27. The van der Waals surface area contributed by atoms with Crippen LogP contribution in [0.4, 0.5) is 11.5 Å². The third-order valence-electron chi connectivity index (χ3n) is 4.63. The van der Waals surface area contributed by atoms with Gasteiger partial charge in [-0.2, -0.15) is 0 Å². The Morgan fingerprint density at radius 2 is 2.07 bits per heavy atom. The average molecular weight is 366 g/mol. The first-order chi connectivity index (χ1) is 13.2. The minimum absolute atomic E-state index is 0.196. The van der Waals surface area contributed by atoms with E-state index in [4.69, 9.17) is 4.74 Å². The van der Waals surface area contributed by atoms with E-state index in [1.54, 1.807) is 19.2 Å². The van der Waals surface area contributed by atoms with Crippen molar-refractivity contribution in [2.75, 3.05) is 19.0 Å². The molecule has 0 unspecified atom stereocenters. The topological polar surface area (TPSA) is 76.1 Å². The second-order valence-corrected chi connectivity index (χ2v) is 6.75. The van der Waals surface area contributed by atoms with Crippen molar-refractivity contribution in [3.05, 3.63) is 53.2 Å². The Balaban J connectivity index is 1.56. The van der Waals surface area contributed by atoms with Gasteiger partial charge in [-0.25, -0.2) is 0 Å². The molecular weight excluding hydrogens is 340 g/mol. The van der Waals surface area contributed by atoms with E-state index in [9.17, 15) is 4.79 Å². The Kier molecular flexibility index (Phi) is 6.41. The molecule has 6 nitrogen and oxygen atoms in total. The summed E-state index contributed by atoms with van der Waals surface area (Å²) in [7, 11) is 1.62. The first-order valence-corrected chi connectivity index (χ1v) is 9.37. The third-order valence-corrected chi connectivity index (χ3v) is 4.63. The summed E-state index contributed by atoms with van der Waals surface area (Å²) in [4.78, 5) is 12.2. The summed E-state index contributed by atoms with van der Waals surface area (Å²) in [6.45, 7) is 2.64. The fraction of sp³-hybridized carbons (Fsp3) is 0.381. The number of nitrogens with zero attached hydrogens (tertiary/aromatic N) is 2. The number of ether oxygens (including phenoxy) is 1. The quantitative estimate of drug-likeness (QED) is 0.720. The van der Waals surface area contributed by atoms with Crippen LogP contribution >= 0.6 is 0 Å². The van der Waals surface area contributed by atoms with Crippen LogP contribution in [0.2, 0.25) is 0 Å². The summed E-state index contributed by atoms with van der Waals surface area (Å²) >= 11 is 0. The highest BCUT2D eigenvalue weighted by Gasteiger charge is 2.10. The number of anilines is 2. The van der Waals surface area contributed by atoms with Gasteiger partial charge in [-0.3, -0.25) is 4.79 Å². The maximum atomic E-state index is 12.2. The standard InChI is InChI=1S/C21H26N4O2/c1-15-8-10-19(27-2)18(14-15)23-20-11-9-17(24-25-20)21(26)22-13-12-16-6-4-3-5-7-16/h6,8-11,14H,3-5,7,12-13H2,1-2H3,(H,22,26)(H,23,25). The molecule has 1 amide bonds. The van der Waals surface area contributed by atoms with Crippen molar-refractivity contribution >= 4 is 17.4 Å². The number of hydrogen-bond donors (Lipinski definition) is 2. The number of carbonyl (C=O) groups excluding carboxylic acids is 1. The van der Waals surface area contributed by atoms with Gasteiger partial charge < -0.3 is 15.4 Å². The molecule has 2 N–H and O–H groups in total. The normalized spacial score (nSPS) is 13.6. The summed E-state index contributed by atoms with van der Waals surface area (Å²) in [6, 6.07) is 9.27. The minimum Gasteiger partial charge on any atom is -0.495 e. The van der Waals surface area contributed by atoms with E-state index in [1.807, 2.05) is 25.1 Å². The van der Waals surface area contributed by atoms with E-state index in [1.165, 1.54) is 18.4 Å². The van der Waals surface area contributed by atoms with E-state index < -0.39 is 0 Å². The maximum Gasteiger partial charge on any atom is 0.271 e. The summed E-state index contributed by atoms with van der Waals surface area (Å²) in [5, 5.41) is 14.2. The molecule has 0 radical (unpaired) electrons. The lowest BCUT2D eigenvalue weighted by atomic mass is 9.97. The van der Waals surface area contributed by atoms with Gasteiger partial charge in [-0.1, -0.05) is 17.7 Å². The van der Waals surface area contributed by atoms with E-state index >= 15 is 0 Å². The number of hydrogen-bond acceptors (Lipinski definition) is 5. The second kappa shape index (κ2) is 9.16. The molecule has 3 rings (SSSR count). The smallest absolute Gasteiger partial charge is 0.271 e. The molecule has 1 aliphatic carbocycles. The largest absolute Gasteiger partial charge is 0.495 e. The number of methoxy groups -OCH3 is 1. The van der Waals surface area contributed by atoms with Gasteiger partial charge in [0.15, 0.2) is 11.5 Å². The molecule has 2 aromatic rings. The molecule has 0 bridgehead atoms. The van der Waals surface area contributed by atoms with Crippen molar-refractivity contribution in [1.82, 2.24) is 15.5 Å². The highest BCUT2D eigenvalue weighted by atomic mass is 16.5. The molecule has 27 heavy (non-hydrogen) atoms. The van der Waals surface area contributed by atoms with Gasteiger partial charge in [-0.05, 0) is 68.9 Å². The zero-order valence-corrected chi connectivity index (χ0v) is 15.9. The Labute approximate surface area is 160 Å². The predicted molar refractivity (Wildman–Crippen MR) is 107 cm³/mol. The number of carbonyl (C=O) groups is 1. The molecule has 1 aromatic heterocycles. The van der Waals surface area contributed by atoms with Gasteiger partial charge in [0.2, 0.25) is 0 Å². The van der Waals surface area contributed by atoms with Crippen LogP contribution in [0.3, 0.4) is 0 Å². The van der Waals surface area contributed by atoms with Crippen LogP contribution in [0.1, 0.15) is 48.2 Å². The van der Waals surface area contributed by atoms with Gasteiger partial charge in [0.05, 0.1) is 12.8 Å². The molecule has 1 aliphatic rings. The molecule has 0 spiro atoms. The number of allylic oxidation sites excluding steroid dienone is 1. The number of rotatable bonds is 7. The molecule has 0 aliphatic heterocycles. The lowest BCUT2D eigenvalue weighted by Gasteiger charge is -2.13. The van der Waals surface area contributed by atoms with Crippen molar-refractivity contribution in [2.45, 2.75) is 39.0 Å². The molecule has 1 heterocycles. The van der Waals surface area contributed by atoms with Crippen molar-refractivity contribution in [1.29, 1.82) is 0 Å². The average Bonchev–Trinajstić information content (AvgIpc) is 2.69. The van der Waals surface area contributed by atoms with Crippen LogP contribution in [0.25, 0.3) is 0 Å². The third kappa shape index (κ3) is 5.29. The second-order valence-electron chi connectivity index (χ2n) is 6.75. The predicted octanol–water partition coefficient (Wildman–Crippen LogP) is 4.16. The van der Waals surface area contributed by atoms with Crippen LogP contribution in [0.5, 0.6) is 5.75 Å². The molecule has 0 saturated carbocycles. The van der Waals surface area contributed by atoms with Crippen molar-refractivity contribution in [3.63, 3.8) is 0 Å². The fourth-order valence-electron chi connectivity index (χ4n) is 3.14. The van der Waals surface area contributed by atoms with Crippen LogP contribution in [-0.2, 0) is 0 Å². The van der Waals surface area contributed by atoms with E-state index in [0.717, 1.165) is 36.3 Å². The number of benzene rings is 1. The first kappa shape index (κ1) is 18.9. The molecule has 142 valence electrons. The van der Waals surface area contributed by atoms with Gasteiger partial charge in [0.25, 0.3) is 5.91 Å². The molecule has 0 saturated heterocycles. The Morgan fingerprint density at radius 3 is 2.78 bits per heavy atom. The van der Waals surface area contributed by atoms with Crippen molar-refractivity contribution in [2.24, 2.45) is 0 Å². The maximum absolute atomic E-state index is 12.2. The van der Waals surface area contributed by atoms with E-state index in [0.29, 0.717) is 18.1 Å². The van der Waals surface area contributed by atoms with E-state index in [2.05, 4.69) is 26.9 Å². The molecule has 6 heteroatoms. The first-order valence-electron chi connectivity index (χ1n) is 9.37. The number of amides is 1. The van der Waals surface area contributed by atoms with Crippen LogP contribution in [0.15, 0.2) is 42.0 Å². The number of aryl methyl sites for hydroxylation is 1. The molecular formula is C21H26N4O2. The Morgan fingerprint density at radius 1 is 1.19 bits per heavy atom. The fourth-order valence-corrected chi connectivity index (χ4v) is 3.14. The lowest BCUT2D eigenvalue weighted by Crippen LogP contribution is -2.26. The Bertz CT molecular complexity index is 815. The van der Waals surface area contributed by atoms with Crippen LogP contribution in [0, 0.1) is 6.92 Å². The van der Waals surface area contributed by atoms with Gasteiger partial charge in [0, 0.05) is 6.54 Å². The summed E-state index contributed by atoms with van der Waals surface area (Å²) < 4.78 is 5.35. The van der Waals surface area contributed by atoms with E-state index in [-0.39, 0.29) is 5.91 Å². The SMILES string of the molecule is COc1ccc(C)cc1Nc1ccc(C(=O)NCCC2=CCCCC2)nn1. The lowest BCUT2D eigenvalue weighted by molar-refractivity contribution is 0.0948. The van der Waals surface area contributed by atoms with Crippen LogP contribution < -0.4 is 15.4 Å². The summed E-state index contributed by atoms with van der Waals surface area (Å²) in [5.74, 6) is 1.09. The molecule has 0 atom stereocenters.